The molecule has 4 aromatic rings. The zero-order valence-corrected chi connectivity index (χ0v) is 15.5. The van der Waals surface area contributed by atoms with Crippen molar-refractivity contribution in [3.63, 3.8) is 0 Å². The van der Waals surface area contributed by atoms with Gasteiger partial charge in [0, 0.05) is 22.2 Å². The highest BCUT2D eigenvalue weighted by atomic mass is 35.5. The maximum atomic E-state index is 12.1. The van der Waals surface area contributed by atoms with Crippen molar-refractivity contribution in [3.05, 3.63) is 99.4 Å². The molecule has 4 rings (SSSR count). The van der Waals surface area contributed by atoms with Gasteiger partial charge in [-0.15, -0.1) is 0 Å². The number of fused-ring (bicyclic) bond motifs is 1. The Labute approximate surface area is 161 Å². The number of halogens is 1. The van der Waals surface area contributed by atoms with Crippen LogP contribution in [0.2, 0.25) is 5.02 Å². The van der Waals surface area contributed by atoms with Gasteiger partial charge in [0.2, 0.25) is 0 Å². The van der Waals surface area contributed by atoms with E-state index in [2.05, 4.69) is 0 Å². The molecule has 0 fully saturated rings. The minimum atomic E-state index is -0.385. The molecule has 134 valence electrons. The monoisotopic (exact) mass is 376 g/mol. The van der Waals surface area contributed by atoms with Crippen LogP contribution in [0.25, 0.3) is 22.1 Å². The predicted molar refractivity (Wildman–Crippen MR) is 108 cm³/mol. The molecular weight excluding hydrogens is 360 g/mol. The summed E-state index contributed by atoms with van der Waals surface area (Å²) in [5.74, 6) is 0.660. The Kier molecular flexibility index (Phi) is 4.69. The lowest BCUT2D eigenvalue weighted by atomic mass is 10.0. The number of benzene rings is 3. The minimum Gasteiger partial charge on any atom is -0.488 e. The van der Waals surface area contributed by atoms with Crippen LogP contribution in [0.4, 0.5) is 0 Å². The van der Waals surface area contributed by atoms with E-state index in [-0.39, 0.29) is 5.63 Å². The number of aryl methyl sites for hydroxylation is 1. The molecule has 0 aliphatic heterocycles. The smallest absolute Gasteiger partial charge is 0.336 e. The van der Waals surface area contributed by atoms with Crippen LogP contribution in [-0.4, -0.2) is 0 Å². The minimum absolute atomic E-state index is 0.325. The molecule has 1 aromatic heterocycles. The summed E-state index contributed by atoms with van der Waals surface area (Å²) < 4.78 is 11.6. The standard InChI is InChI=1S/C23H17ClO3/c1-15-11-20(26-14-17-9-5-6-10-19(17)24)23-18(16-7-3-2-4-8-16)13-22(25)27-21(23)12-15/h2-13H,14H2,1H3. The summed E-state index contributed by atoms with van der Waals surface area (Å²) in [6.45, 7) is 2.27. The van der Waals surface area contributed by atoms with Crippen molar-refractivity contribution in [2.45, 2.75) is 13.5 Å². The van der Waals surface area contributed by atoms with Crippen LogP contribution in [-0.2, 0) is 6.61 Å². The Balaban J connectivity index is 1.87. The van der Waals surface area contributed by atoms with Gasteiger partial charge in [0.1, 0.15) is 17.9 Å². The van der Waals surface area contributed by atoms with Crippen molar-refractivity contribution < 1.29 is 9.15 Å². The number of hydrogen-bond acceptors (Lipinski definition) is 3. The Hall–Kier alpha value is -3.04. The zero-order valence-electron chi connectivity index (χ0n) is 14.7. The molecule has 0 saturated carbocycles. The van der Waals surface area contributed by atoms with Crippen LogP contribution in [0, 0.1) is 6.92 Å². The van der Waals surface area contributed by atoms with Crippen LogP contribution in [0.5, 0.6) is 5.75 Å². The van der Waals surface area contributed by atoms with Crippen LogP contribution >= 0.6 is 11.6 Å². The zero-order chi connectivity index (χ0) is 18.8. The first-order valence-electron chi connectivity index (χ1n) is 8.62. The van der Waals surface area contributed by atoms with E-state index in [0.29, 0.717) is 23.0 Å². The van der Waals surface area contributed by atoms with Gasteiger partial charge < -0.3 is 9.15 Å². The normalized spacial score (nSPS) is 10.9. The van der Waals surface area contributed by atoms with Gasteiger partial charge in [-0.3, -0.25) is 0 Å². The maximum Gasteiger partial charge on any atom is 0.336 e. The van der Waals surface area contributed by atoms with Crippen molar-refractivity contribution in [2.24, 2.45) is 0 Å². The van der Waals surface area contributed by atoms with E-state index in [0.717, 1.165) is 27.6 Å². The molecule has 3 nitrogen and oxygen atoms in total. The van der Waals surface area contributed by atoms with Gasteiger partial charge in [0.25, 0.3) is 0 Å². The van der Waals surface area contributed by atoms with E-state index >= 15 is 0 Å². The third-order valence-corrected chi connectivity index (χ3v) is 4.75. The lowest BCUT2D eigenvalue weighted by molar-refractivity contribution is 0.309. The van der Waals surface area contributed by atoms with Crippen molar-refractivity contribution in [3.8, 4) is 16.9 Å². The fourth-order valence-corrected chi connectivity index (χ4v) is 3.32. The second kappa shape index (κ2) is 7.29. The van der Waals surface area contributed by atoms with Crippen LogP contribution in [0.3, 0.4) is 0 Å². The fourth-order valence-electron chi connectivity index (χ4n) is 3.12. The fraction of sp³-hybridized carbons (Fsp3) is 0.0870. The Morgan fingerprint density at radius 3 is 2.48 bits per heavy atom. The first-order chi connectivity index (χ1) is 13.1. The SMILES string of the molecule is Cc1cc(OCc2ccccc2Cl)c2c(-c3ccccc3)cc(=O)oc2c1. The van der Waals surface area contributed by atoms with E-state index < -0.39 is 0 Å². The molecular formula is C23H17ClO3. The summed E-state index contributed by atoms with van der Waals surface area (Å²) in [5, 5.41) is 1.43. The molecule has 0 amide bonds. The molecule has 0 spiro atoms. The second-order valence-corrected chi connectivity index (χ2v) is 6.77. The average Bonchev–Trinajstić information content (AvgIpc) is 2.66. The van der Waals surface area contributed by atoms with E-state index in [1.807, 2.05) is 73.7 Å². The molecule has 0 aliphatic rings. The first-order valence-corrected chi connectivity index (χ1v) is 9.00. The van der Waals surface area contributed by atoms with Crippen molar-refractivity contribution in [1.82, 2.24) is 0 Å². The number of rotatable bonds is 4. The third kappa shape index (κ3) is 3.60. The first kappa shape index (κ1) is 17.4. The molecule has 0 bridgehead atoms. The van der Waals surface area contributed by atoms with Crippen LogP contribution in [0.15, 0.2) is 82.0 Å². The highest BCUT2D eigenvalue weighted by Gasteiger charge is 2.14. The number of hydrogen-bond donors (Lipinski definition) is 0. The molecule has 1 heterocycles. The molecule has 3 aromatic carbocycles. The van der Waals surface area contributed by atoms with Gasteiger partial charge in [-0.05, 0) is 36.2 Å². The lowest BCUT2D eigenvalue weighted by Crippen LogP contribution is -2.02. The molecule has 0 atom stereocenters. The Morgan fingerprint density at radius 2 is 1.70 bits per heavy atom. The topological polar surface area (TPSA) is 39.4 Å². The predicted octanol–water partition coefficient (Wildman–Crippen LogP) is 6.00. The van der Waals surface area contributed by atoms with Gasteiger partial charge in [0.05, 0.1) is 5.39 Å². The highest BCUT2D eigenvalue weighted by molar-refractivity contribution is 6.31. The Morgan fingerprint density at radius 1 is 0.963 bits per heavy atom. The van der Waals surface area contributed by atoms with Gasteiger partial charge >= 0.3 is 5.63 Å². The number of ether oxygens (including phenoxy) is 1. The van der Waals surface area contributed by atoms with Gasteiger partial charge in [-0.25, -0.2) is 4.79 Å². The van der Waals surface area contributed by atoms with E-state index in [4.69, 9.17) is 20.8 Å². The maximum absolute atomic E-state index is 12.1. The van der Waals surface area contributed by atoms with E-state index in [1.165, 1.54) is 6.07 Å². The Bertz CT molecular complexity index is 1160. The summed E-state index contributed by atoms with van der Waals surface area (Å²) in [5.41, 5.74) is 3.69. The second-order valence-electron chi connectivity index (χ2n) is 6.36. The van der Waals surface area contributed by atoms with E-state index in [9.17, 15) is 4.79 Å². The molecule has 0 N–H and O–H groups in total. The quantitative estimate of drug-likeness (QED) is 0.410. The van der Waals surface area contributed by atoms with Crippen molar-refractivity contribution in [2.75, 3.05) is 0 Å². The molecule has 4 heteroatoms. The summed E-state index contributed by atoms with van der Waals surface area (Å²) in [4.78, 5) is 12.1. The average molecular weight is 377 g/mol. The van der Waals surface area contributed by atoms with Crippen LogP contribution < -0.4 is 10.4 Å². The highest BCUT2D eigenvalue weighted by Crippen LogP contribution is 2.36. The molecule has 27 heavy (non-hydrogen) atoms. The summed E-state index contributed by atoms with van der Waals surface area (Å²) >= 11 is 6.25. The molecule has 0 saturated heterocycles. The van der Waals surface area contributed by atoms with Gasteiger partial charge in [-0.2, -0.15) is 0 Å². The van der Waals surface area contributed by atoms with Crippen LogP contribution in [0.1, 0.15) is 11.1 Å². The lowest BCUT2D eigenvalue weighted by Gasteiger charge is -2.14. The van der Waals surface area contributed by atoms with Gasteiger partial charge in [0.15, 0.2) is 0 Å². The van der Waals surface area contributed by atoms with Crippen molar-refractivity contribution in [1.29, 1.82) is 0 Å². The summed E-state index contributed by atoms with van der Waals surface area (Å²) in [6, 6.07) is 22.6. The van der Waals surface area contributed by atoms with Crippen molar-refractivity contribution >= 4 is 22.6 Å². The summed E-state index contributed by atoms with van der Waals surface area (Å²) in [7, 11) is 0. The molecule has 0 unspecified atom stereocenters. The van der Waals surface area contributed by atoms with Gasteiger partial charge in [-0.1, -0.05) is 60.1 Å². The molecule has 0 aliphatic carbocycles. The third-order valence-electron chi connectivity index (χ3n) is 4.38. The largest absolute Gasteiger partial charge is 0.488 e. The summed E-state index contributed by atoms with van der Waals surface area (Å²) in [6.07, 6.45) is 0. The van der Waals surface area contributed by atoms with E-state index in [1.54, 1.807) is 0 Å². The molecule has 0 radical (unpaired) electrons.